The van der Waals surface area contributed by atoms with Gasteiger partial charge in [0.1, 0.15) is 29.5 Å². The Kier molecular flexibility index (Phi) is 14.5. The maximum absolute atomic E-state index is 17.0. The van der Waals surface area contributed by atoms with Crippen LogP contribution in [0.5, 0.6) is 5.75 Å². The SMILES string of the molecule is C/C=C(/C)CC(C[C@@H](C)O)C(NC(=O)OC)C(=O)N1CCCN1c1ncc(-c2ccc3c(c2)cc2n3C(c3cnc(C4CC4)s3)Oc3cc(-c4cnc([C@@H]5CCCN5C(=O)C(NC(=O)OC)C(C)C)[nH]4)cc(F)c3-2)[nH]1. The summed E-state index contributed by atoms with van der Waals surface area (Å²) in [5, 5.41) is 21.2. The molecule has 21 heteroatoms. The summed E-state index contributed by atoms with van der Waals surface area (Å²) in [5.74, 6) is 0.149. The second kappa shape index (κ2) is 21.2. The first-order chi connectivity index (χ1) is 36.1. The number of hydrazine groups is 1. The summed E-state index contributed by atoms with van der Waals surface area (Å²) in [6, 6.07) is 9.13. The standard InChI is InChI=1S/C54H64FN11O8S/c1-8-29(4)19-35(20-30(5)67)46(62-54(71)73-7)50(69)64-17-10-18-65(64)52-58-26-37(60-52)32-14-15-39-34(21-32)23-41-44-36(55)22-33(24-42(44)74-51(66(39)41)43-27-57-48(75-43)31-12-13-31)38-25-56-47(59-38)40-11-9-16-63(40)49(68)45(28(2)3)61-53(70)72-6/h8,14-15,21-28,30-31,35,40,45-46,51,67H,9-13,16-20H2,1-7H3,(H,56,59)(H,58,60)(H,61,70)(H,62,71)/b29-8-/t30-,35?,40+,45?,46?,51?/m1/s1. The summed E-state index contributed by atoms with van der Waals surface area (Å²) in [6.45, 7) is 10.7. The maximum atomic E-state index is 17.0. The van der Waals surface area contributed by atoms with Crippen LogP contribution in [0.4, 0.5) is 19.9 Å². The number of thiazole rings is 1. The molecule has 2 aromatic carbocycles. The fourth-order valence-corrected chi connectivity index (χ4v) is 11.9. The number of benzene rings is 2. The van der Waals surface area contributed by atoms with Crippen molar-refractivity contribution in [1.82, 2.24) is 50.0 Å². The molecule has 5 N–H and O–H groups in total. The van der Waals surface area contributed by atoms with E-state index in [0.717, 1.165) is 51.2 Å². The molecule has 0 radical (unpaired) electrons. The van der Waals surface area contributed by atoms with E-state index in [1.807, 2.05) is 74.9 Å². The Balaban J connectivity index is 0.953. The minimum Gasteiger partial charge on any atom is -0.464 e. The average molecular weight is 1050 g/mol. The topological polar surface area (TPSA) is 225 Å². The van der Waals surface area contributed by atoms with Gasteiger partial charge < -0.3 is 44.8 Å². The number of aromatic amines is 2. The molecule has 4 aliphatic rings. The Hall–Kier alpha value is -7.26. The third-order valence-corrected chi connectivity index (χ3v) is 16.0. The minimum atomic E-state index is -0.979. The number of fused-ring (bicyclic) bond motifs is 5. The second-order valence-electron chi connectivity index (χ2n) is 20.4. The number of carbonyl (C=O) groups is 4. The van der Waals surface area contributed by atoms with Crippen molar-refractivity contribution >= 4 is 52.2 Å². The largest absolute Gasteiger partial charge is 0.464 e. The van der Waals surface area contributed by atoms with Crippen LogP contribution in [0.2, 0.25) is 0 Å². The van der Waals surface area contributed by atoms with E-state index in [4.69, 9.17) is 29.2 Å². The van der Waals surface area contributed by atoms with E-state index in [1.54, 1.807) is 45.6 Å². The van der Waals surface area contributed by atoms with Gasteiger partial charge in [0.05, 0.1) is 76.8 Å². The van der Waals surface area contributed by atoms with Crippen LogP contribution < -0.4 is 20.4 Å². The van der Waals surface area contributed by atoms with Gasteiger partial charge >= 0.3 is 12.2 Å². The molecule has 75 heavy (non-hydrogen) atoms. The predicted molar refractivity (Wildman–Crippen MR) is 280 cm³/mol. The first-order valence-corrected chi connectivity index (χ1v) is 26.6. The van der Waals surface area contributed by atoms with Crippen molar-refractivity contribution in [2.45, 2.75) is 116 Å². The molecular weight excluding hydrogens is 982 g/mol. The quantitative estimate of drug-likeness (QED) is 0.0573. The first kappa shape index (κ1) is 51.2. The lowest BCUT2D eigenvalue weighted by Crippen LogP contribution is -2.55. The number of imidazole rings is 2. The summed E-state index contributed by atoms with van der Waals surface area (Å²) in [5.41, 5.74) is 5.37. The number of ether oxygens (including phenoxy) is 3. The number of alkyl carbamates (subject to hydrolysis) is 2. The van der Waals surface area contributed by atoms with E-state index in [9.17, 15) is 24.3 Å². The van der Waals surface area contributed by atoms with Gasteiger partial charge in [-0.1, -0.05) is 31.6 Å². The van der Waals surface area contributed by atoms with Crippen LogP contribution in [0.15, 0.2) is 66.6 Å². The molecule has 3 fully saturated rings. The van der Waals surface area contributed by atoms with Gasteiger partial charge in [-0.05, 0) is 108 Å². The van der Waals surface area contributed by atoms with Gasteiger partial charge in [0.2, 0.25) is 18.1 Å². The third-order valence-electron chi connectivity index (χ3n) is 14.8. The highest BCUT2D eigenvalue weighted by atomic mass is 32.1. The zero-order chi connectivity index (χ0) is 52.8. The molecule has 1 saturated carbocycles. The molecule has 4 aromatic heterocycles. The number of nitrogens with zero attached hydrogens (tertiary/aromatic N) is 7. The number of H-pyrrole nitrogens is 2. The molecule has 3 aliphatic heterocycles. The van der Waals surface area contributed by atoms with Gasteiger partial charge in [-0.15, -0.1) is 11.3 Å². The lowest BCUT2D eigenvalue weighted by Gasteiger charge is -2.34. The van der Waals surface area contributed by atoms with E-state index >= 15 is 4.39 Å². The van der Waals surface area contributed by atoms with Gasteiger partial charge in [-0.3, -0.25) is 19.2 Å². The third kappa shape index (κ3) is 10.2. The number of hydrogen-bond acceptors (Lipinski definition) is 13. The molecule has 6 atom stereocenters. The summed E-state index contributed by atoms with van der Waals surface area (Å²) >= 11 is 1.61. The van der Waals surface area contributed by atoms with Crippen molar-refractivity contribution in [2.24, 2.45) is 11.8 Å². The number of aliphatic hydroxyl groups excluding tert-OH is 1. The number of amides is 4. The highest BCUT2D eigenvalue weighted by Gasteiger charge is 2.41. The van der Waals surface area contributed by atoms with Crippen molar-refractivity contribution in [2.75, 3.05) is 38.9 Å². The number of anilines is 1. The van der Waals surface area contributed by atoms with Crippen LogP contribution in [0.25, 0.3) is 44.7 Å². The van der Waals surface area contributed by atoms with Crippen molar-refractivity contribution < 1.29 is 42.9 Å². The molecule has 2 saturated heterocycles. The molecule has 6 aromatic rings. The summed E-state index contributed by atoms with van der Waals surface area (Å²) in [4.78, 5) is 76.9. The second-order valence-corrected chi connectivity index (χ2v) is 21.5. The summed E-state index contributed by atoms with van der Waals surface area (Å²) < 4.78 is 35.7. The predicted octanol–water partition coefficient (Wildman–Crippen LogP) is 8.97. The van der Waals surface area contributed by atoms with Crippen molar-refractivity contribution in [3.8, 4) is 39.5 Å². The smallest absolute Gasteiger partial charge is 0.407 e. The number of allylic oxidation sites excluding steroid dienone is 2. The van der Waals surface area contributed by atoms with Gasteiger partial charge in [0, 0.05) is 48.3 Å². The Morgan fingerprint density at radius 2 is 1.64 bits per heavy atom. The zero-order valence-corrected chi connectivity index (χ0v) is 44.0. The number of hydrogen-bond donors (Lipinski definition) is 5. The highest BCUT2D eigenvalue weighted by Crippen LogP contribution is 2.50. The Bertz CT molecular complexity index is 3160. The van der Waals surface area contributed by atoms with Crippen LogP contribution in [-0.2, 0) is 19.1 Å². The lowest BCUT2D eigenvalue weighted by atomic mass is 9.87. The van der Waals surface area contributed by atoms with E-state index in [-0.39, 0.29) is 30.2 Å². The average Bonchev–Trinajstić information content (AvgIpc) is 4.14. The minimum absolute atomic E-state index is 0.186. The fourth-order valence-electron chi connectivity index (χ4n) is 10.7. The van der Waals surface area contributed by atoms with Crippen LogP contribution in [0.3, 0.4) is 0 Å². The molecule has 4 unspecified atom stereocenters. The van der Waals surface area contributed by atoms with E-state index in [0.29, 0.717) is 90.5 Å². The molecule has 0 bridgehead atoms. The van der Waals surface area contributed by atoms with Crippen molar-refractivity contribution in [1.29, 1.82) is 0 Å². The number of rotatable bonds is 16. The van der Waals surface area contributed by atoms with Crippen molar-refractivity contribution in [3.63, 3.8) is 0 Å². The molecule has 396 valence electrons. The fraction of sp³-hybridized carbons (Fsp3) is 0.463. The van der Waals surface area contributed by atoms with Gasteiger partial charge in [-0.25, -0.2) is 33.9 Å². The van der Waals surface area contributed by atoms with Crippen LogP contribution in [-0.4, -0.2) is 121 Å². The normalized spacial score (nSPS) is 19.1. The van der Waals surface area contributed by atoms with Crippen LogP contribution in [0, 0.1) is 17.7 Å². The van der Waals surface area contributed by atoms with Crippen LogP contribution in [0.1, 0.15) is 113 Å². The summed E-state index contributed by atoms with van der Waals surface area (Å²) in [7, 11) is 2.52. The van der Waals surface area contributed by atoms with Crippen molar-refractivity contribution in [3.05, 3.63) is 88.2 Å². The molecule has 19 nitrogen and oxygen atoms in total. The lowest BCUT2D eigenvalue weighted by molar-refractivity contribution is -0.136. The number of aromatic nitrogens is 6. The van der Waals surface area contributed by atoms with E-state index in [2.05, 4.69) is 20.6 Å². The number of likely N-dealkylation sites (tertiary alicyclic amines) is 1. The van der Waals surface area contributed by atoms with Gasteiger partial charge in [0.25, 0.3) is 5.91 Å². The van der Waals surface area contributed by atoms with Gasteiger partial charge in [0.15, 0.2) is 0 Å². The highest BCUT2D eigenvalue weighted by molar-refractivity contribution is 7.11. The van der Waals surface area contributed by atoms with E-state index in [1.165, 1.54) is 20.3 Å². The van der Waals surface area contributed by atoms with E-state index < -0.39 is 48.3 Å². The molecule has 10 rings (SSSR count). The Morgan fingerprint density at radius 3 is 2.36 bits per heavy atom. The molecule has 0 spiro atoms. The Morgan fingerprint density at radius 1 is 0.893 bits per heavy atom. The first-order valence-electron chi connectivity index (χ1n) is 25.7. The Labute approximate surface area is 437 Å². The molecule has 4 amide bonds. The number of aliphatic hydroxyl groups is 1. The molecular formula is C54H64FN11O8S. The number of methoxy groups -OCH3 is 2. The maximum Gasteiger partial charge on any atom is 0.407 e. The number of carbonyl (C=O) groups excluding carboxylic acids is 4. The van der Waals surface area contributed by atoms with Gasteiger partial charge in [-0.2, -0.15) is 0 Å². The molecule has 1 aliphatic carbocycles. The number of halogens is 1. The van der Waals surface area contributed by atoms with Crippen LogP contribution >= 0.6 is 11.3 Å². The monoisotopic (exact) mass is 1050 g/mol. The zero-order valence-electron chi connectivity index (χ0n) is 43.2. The number of nitrogens with one attached hydrogen (secondary N) is 4. The molecule has 7 heterocycles. The summed E-state index contributed by atoms with van der Waals surface area (Å²) in [6.07, 6.45) is 9.44.